The van der Waals surface area contributed by atoms with Gasteiger partial charge in [-0.1, -0.05) is 27.7 Å². The number of thioether (sulfide) groups is 2. The Balaban J connectivity index is 0.000000280. The SMILES string of the molecule is COC(=O)[C@H]1NC(=O)[C@@H](C)CS[C@@H]1C.COC(=O)[C@H]1NC(=O)[C@@H](C)CS[C@H]1C. The van der Waals surface area contributed by atoms with Gasteiger partial charge in [0, 0.05) is 33.8 Å². The Bertz CT molecular complexity index is 534. The van der Waals surface area contributed by atoms with Crippen molar-refractivity contribution in [3.8, 4) is 0 Å². The largest absolute Gasteiger partial charge is 0.467 e. The smallest absolute Gasteiger partial charge is 0.329 e. The van der Waals surface area contributed by atoms with Crippen molar-refractivity contribution in [2.45, 2.75) is 50.3 Å². The van der Waals surface area contributed by atoms with Crippen LogP contribution in [0.2, 0.25) is 0 Å². The minimum atomic E-state index is -0.512. The summed E-state index contributed by atoms with van der Waals surface area (Å²) in [5.74, 6) is 0.532. The molecule has 2 N–H and O–H groups in total. The van der Waals surface area contributed by atoms with E-state index >= 15 is 0 Å². The van der Waals surface area contributed by atoms with E-state index in [4.69, 9.17) is 0 Å². The Morgan fingerprint density at radius 2 is 1.11 bits per heavy atom. The summed E-state index contributed by atoms with van der Waals surface area (Å²) < 4.78 is 9.26. The molecule has 0 aromatic carbocycles. The van der Waals surface area contributed by atoms with Gasteiger partial charge in [0.15, 0.2) is 0 Å². The number of carbonyl (C=O) groups excluding carboxylic acids is 4. The highest BCUT2D eigenvalue weighted by Gasteiger charge is 2.34. The number of esters is 2. The topological polar surface area (TPSA) is 111 Å². The van der Waals surface area contributed by atoms with E-state index < -0.39 is 12.1 Å². The maximum absolute atomic E-state index is 11.5. The molecule has 0 bridgehead atoms. The summed E-state index contributed by atoms with van der Waals surface area (Å²) in [6.07, 6.45) is 0. The van der Waals surface area contributed by atoms with Crippen LogP contribution in [0.1, 0.15) is 27.7 Å². The van der Waals surface area contributed by atoms with E-state index in [1.54, 1.807) is 23.5 Å². The number of hydrogen-bond donors (Lipinski definition) is 2. The molecular weight excluding hydrogens is 404 g/mol. The number of hydrogen-bond acceptors (Lipinski definition) is 8. The number of rotatable bonds is 2. The fraction of sp³-hybridized carbons (Fsp3) is 0.778. The van der Waals surface area contributed by atoms with Crippen LogP contribution >= 0.6 is 23.5 Å². The molecule has 0 aromatic heterocycles. The number of amides is 2. The molecular formula is C18H30N2O6S2. The van der Waals surface area contributed by atoms with Gasteiger partial charge in [-0.25, -0.2) is 9.59 Å². The van der Waals surface area contributed by atoms with Gasteiger partial charge >= 0.3 is 11.9 Å². The molecule has 2 fully saturated rings. The summed E-state index contributed by atoms with van der Waals surface area (Å²) in [6, 6.07) is -1.02. The summed E-state index contributed by atoms with van der Waals surface area (Å²) >= 11 is 3.24. The molecule has 2 aliphatic rings. The second-order valence-electron chi connectivity index (χ2n) is 6.90. The van der Waals surface area contributed by atoms with Gasteiger partial charge < -0.3 is 20.1 Å². The summed E-state index contributed by atoms with van der Waals surface area (Å²) in [7, 11) is 2.67. The van der Waals surface area contributed by atoms with E-state index in [1.165, 1.54) is 14.2 Å². The van der Waals surface area contributed by atoms with Crippen molar-refractivity contribution in [2.75, 3.05) is 25.7 Å². The fourth-order valence-corrected chi connectivity index (χ4v) is 4.75. The first-order valence-corrected chi connectivity index (χ1v) is 11.2. The second kappa shape index (κ2) is 11.5. The Hall–Kier alpha value is -1.42. The maximum atomic E-state index is 11.5. The third-order valence-electron chi connectivity index (χ3n) is 4.56. The predicted molar refractivity (Wildman–Crippen MR) is 110 cm³/mol. The molecule has 160 valence electrons. The molecule has 0 spiro atoms. The first-order valence-electron chi connectivity index (χ1n) is 9.11. The van der Waals surface area contributed by atoms with Gasteiger partial charge in [-0.15, -0.1) is 0 Å². The van der Waals surface area contributed by atoms with Crippen LogP contribution in [-0.2, 0) is 28.7 Å². The lowest BCUT2D eigenvalue weighted by Gasteiger charge is -2.18. The Labute approximate surface area is 174 Å². The second-order valence-corrected chi connectivity index (χ2v) is 9.72. The van der Waals surface area contributed by atoms with Crippen molar-refractivity contribution in [3.63, 3.8) is 0 Å². The van der Waals surface area contributed by atoms with E-state index in [1.807, 2.05) is 27.7 Å². The molecule has 10 heteroatoms. The molecule has 2 rings (SSSR count). The van der Waals surface area contributed by atoms with E-state index in [0.717, 1.165) is 11.5 Å². The molecule has 28 heavy (non-hydrogen) atoms. The molecule has 0 radical (unpaired) electrons. The fourth-order valence-electron chi connectivity index (χ4n) is 2.52. The molecule has 2 saturated heterocycles. The highest BCUT2D eigenvalue weighted by atomic mass is 32.2. The Kier molecular flexibility index (Phi) is 10.2. The van der Waals surface area contributed by atoms with Gasteiger partial charge in [0.2, 0.25) is 11.8 Å². The van der Waals surface area contributed by atoms with Gasteiger partial charge in [0.05, 0.1) is 14.2 Å². The number of ether oxygens (including phenoxy) is 2. The lowest BCUT2D eigenvalue weighted by atomic mass is 10.1. The standard InChI is InChI=1S/2C9H15NO3S/c2*1-5-4-14-6(2)7(9(12)13-3)10-8(5)11/h2*5-7H,4H2,1-3H3,(H,10,11)/t5-,6+,7-;5-,6-,7-/m00/s1. The molecule has 2 amide bonds. The Morgan fingerprint density at radius 1 is 0.786 bits per heavy atom. The van der Waals surface area contributed by atoms with E-state index in [9.17, 15) is 19.2 Å². The van der Waals surface area contributed by atoms with Crippen LogP contribution in [0.3, 0.4) is 0 Å². The number of carbonyl (C=O) groups is 4. The van der Waals surface area contributed by atoms with Gasteiger partial charge in [0.25, 0.3) is 0 Å². The zero-order chi connectivity index (χ0) is 21.4. The summed E-state index contributed by atoms with van der Waals surface area (Å²) in [5, 5.41) is 5.52. The van der Waals surface area contributed by atoms with Crippen molar-refractivity contribution in [3.05, 3.63) is 0 Å². The first-order chi connectivity index (χ1) is 13.1. The van der Waals surface area contributed by atoms with Crippen LogP contribution in [0.5, 0.6) is 0 Å². The highest BCUT2D eigenvalue weighted by molar-refractivity contribution is 8.00. The molecule has 0 aromatic rings. The quantitative estimate of drug-likeness (QED) is 0.615. The first kappa shape index (κ1) is 24.6. The van der Waals surface area contributed by atoms with Crippen LogP contribution in [0.25, 0.3) is 0 Å². The van der Waals surface area contributed by atoms with Gasteiger partial charge in [-0.3, -0.25) is 9.59 Å². The molecule has 2 heterocycles. The highest BCUT2D eigenvalue weighted by Crippen LogP contribution is 2.23. The van der Waals surface area contributed by atoms with Crippen molar-refractivity contribution in [1.82, 2.24) is 10.6 Å². The average molecular weight is 435 g/mol. The minimum absolute atomic E-state index is 0.0443. The average Bonchev–Trinajstić information content (AvgIpc) is 2.90. The van der Waals surface area contributed by atoms with Gasteiger partial charge in [-0.2, -0.15) is 23.5 Å². The van der Waals surface area contributed by atoms with Crippen molar-refractivity contribution in [1.29, 1.82) is 0 Å². The van der Waals surface area contributed by atoms with Crippen molar-refractivity contribution >= 4 is 47.3 Å². The molecule has 0 unspecified atom stereocenters. The summed E-state index contributed by atoms with van der Waals surface area (Å²) in [4.78, 5) is 45.6. The lowest BCUT2D eigenvalue weighted by molar-refractivity contribution is -0.145. The lowest BCUT2D eigenvalue weighted by Crippen LogP contribution is -2.46. The number of methoxy groups -OCH3 is 2. The van der Waals surface area contributed by atoms with Crippen molar-refractivity contribution in [2.24, 2.45) is 11.8 Å². The maximum Gasteiger partial charge on any atom is 0.329 e. The van der Waals surface area contributed by atoms with Gasteiger partial charge in [-0.05, 0) is 0 Å². The van der Waals surface area contributed by atoms with Crippen LogP contribution in [0, 0.1) is 11.8 Å². The monoisotopic (exact) mass is 434 g/mol. The molecule has 8 nitrogen and oxygen atoms in total. The normalized spacial score (nSPS) is 33.1. The van der Waals surface area contributed by atoms with Crippen LogP contribution in [0.4, 0.5) is 0 Å². The third-order valence-corrected chi connectivity index (χ3v) is 7.54. The number of nitrogens with one attached hydrogen (secondary N) is 2. The zero-order valence-corrected chi connectivity index (χ0v) is 18.8. The van der Waals surface area contributed by atoms with Gasteiger partial charge in [0.1, 0.15) is 12.1 Å². The van der Waals surface area contributed by atoms with E-state index in [2.05, 4.69) is 20.1 Å². The van der Waals surface area contributed by atoms with E-state index in [-0.39, 0.29) is 46.1 Å². The minimum Gasteiger partial charge on any atom is -0.467 e. The van der Waals surface area contributed by atoms with Crippen LogP contribution in [-0.4, -0.2) is 72.1 Å². The van der Waals surface area contributed by atoms with Crippen LogP contribution in [0.15, 0.2) is 0 Å². The molecule has 0 saturated carbocycles. The Morgan fingerprint density at radius 3 is 1.39 bits per heavy atom. The summed E-state index contributed by atoms with van der Waals surface area (Å²) in [6.45, 7) is 7.55. The third kappa shape index (κ3) is 6.88. The summed E-state index contributed by atoms with van der Waals surface area (Å²) in [5.41, 5.74) is 0. The zero-order valence-electron chi connectivity index (χ0n) is 17.1. The van der Waals surface area contributed by atoms with Crippen LogP contribution < -0.4 is 10.6 Å². The van der Waals surface area contributed by atoms with Crippen molar-refractivity contribution < 1.29 is 28.7 Å². The molecule has 2 aliphatic heterocycles. The molecule has 6 atom stereocenters. The predicted octanol–water partition coefficient (Wildman–Crippen LogP) is 0.831. The van der Waals surface area contributed by atoms with E-state index in [0.29, 0.717) is 0 Å². The molecule has 0 aliphatic carbocycles.